The average molecular weight is 391 g/mol. The second-order valence-corrected chi connectivity index (χ2v) is 7.24. The van der Waals surface area contributed by atoms with E-state index >= 15 is 0 Å². The van der Waals surface area contributed by atoms with Crippen molar-refractivity contribution < 1.29 is 13.2 Å². The van der Waals surface area contributed by atoms with Gasteiger partial charge in [-0.1, -0.05) is 0 Å². The van der Waals surface area contributed by atoms with Crippen LogP contribution in [0.5, 0.6) is 0 Å². The van der Waals surface area contributed by atoms with E-state index in [9.17, 15) is 18.0 Å². The third kappa shape index (κ3) is 2.81. The van der Waals surface area contributed by atoms with E-state index in [4.69, 9.17) is 0 Å². The molecule has 11 heteroatoms. The van der Waals surface area contributed by atoms with Crippen LogP contribution in [-0.4, -0.2) is 42.7 Å². The maximum atomic E-state index is 13.0. The Morgan fingerprint density at radius 3 is 2.71 bits per heavy atom. The van der Waals surface area contributed by atoms with E-state index in [-0.39, 0.29) is 17.1 Å². The highest BCUT2D eigenvalue weighted by Crippen LogP contribution is 2.29. The smallest absolute Gasteiger partial charge is 0.354 e. The van der Waals surface area contributed by atoms with Crippen molar-refractivity contribution >= 4 is 11.5 Å². The highest BCUT2D eigenvalue weighted by atomic mass is 19.4. The standard InChI is InChI=1S/C17H16F3N7O/c18-17(19,20)16-22-21-13-4-5-14(24-27(13)16)25-7-10(8-25)9-26-15(28)6-11-2-1-3-12(11)23-26/h4-6,10H,1-3,7-9H2. The monoisotopic (exact) mass is 391 g/mol. The highest BCUT2D eigenvalue weighted by molar-refractivity contribution is 5.47. The van der Waals surface area contributed by atoms with Gasteiger partial charge in [0.05, 0.1) is 12.2 Å². The Kier molecular flexibility index (Phi) is 3.68. The molecule has 3 aromatic rings. The molecule has 0 unspecified atom stereocenters. The molecule has 146 valence electrons. The van der Waals surface area contributed by atoms with Gasteiger partial charge in [-0.3, -0.25) is 4.79 Å². The lowest BCUT2D eigenvalue weighted by molar-refractivity contribution is -0.146. The van der Waals surface area contributed by atoms with Crippen molar-refractivity contribution in [3.05, 3.63) is 45.6 Å². The number of fused-ring (bicyclic) bond motifs is 2. The normalized spacial score (nSPS) is 17.2. The number of nitrogens with zero attached hydrogens (tertiary/aromatic N) is 7. The number of halogens is 3. The Bertz CT molecular complexity index is 1110. The van der Waals surface area contributed by atoms with Crippen LogP contribution in [0, 0.1) is 5.92 Å². The fourth-order valence-electron chi connectivity index (χ4n) is 3.81. The molecule has 0 spiro atoms. The van der Waals surface area contributed by atoms with E-state index in [1.165, 1.54) is 10.7 Å². The molecular formula is C17H16F3N7O. The summed E-state index contributed by atoms with van der Waals surface area (Å²) in [7, 11) is 0. The Hall–Kier alpha value is -2.98. The average Bonchev–Trinajstić information content (AvgIpc) is 3.22. The van der Waals surface area contributed by atoms with Crippen molar-refractivity contribution in [2.24, 2.45) is 5.92 Å². The number of anilines is 1. The van der Waals surface area contributed by atoms with E-state index in [0.29, 0.717) is 25.5 Å². The summed E-state index contributed by atoms with van der Waals surface area (Å²) in [5.74, 6) is -0.538. The first-order valence-corrected chi connectivity index (χ1v) is 9.03. The first-order valence-electron chi connectivity index (χ1n) is 9.03. The van der Waals surface area contributed by atoms with Crippen molar-refractivity contribution in [1.29, 1.82) is 0 Å². The summed E-state index contributed by atoms with van der Waals surface area (Å²) in [6.07, 6.45) is -1.79. The fourth-order valence-corrected chi connectivity index (χ4v) is 3.81. The van der Waals surface area contributed by atoms with Gasteiger partial charge >= 0.3 is 6.18 Å². The Balaban J connectivity index is 1.31. The maximum Gasteiger partial charge on any atom is 0.453 e. The summed E-state index contributed by atoms with van der Waals surface area (Å²) in [6, 6.07) is 4.76. The first-order chi connectivity index (χ1) is 13.4. The van der Waals surface area contributed by atoms with Gasteiger partial charge < -0.3 is 4.90 Å². The zero-order valence-electron chi connectivity index (χ0n) is 14.7. The predicted molar refractivity (Wildman–Crippen MR) is 92.0 cm³/mol. The summed E-state index contributed by atoms with van der Waals surface area (Å²) in [4.78, 5) is 14.1. The lowest BCUT2D eigenvalue weighted by atomic mass is 10.0. The van der Waals surface area contributed by atoms with Gasteiger partial charge in [-0.2, -0.15) is 22.8 Å². The van der Waals surface area contributed by atoms with Gasteiger partial charge in [0.25, 0.3) is 11.4 Å². The predicted octanol–water partition coefficient (Wildman–Crippen LogP) is 1.32. The lowest BCUT2D eigenvalue weighted by Crippen LogP contribution is -2.50. The molecule has 28 heavy (non-hydrogen) atoms. The number of alkyl halides is 3. The molecule has 0 bridgehead atoms. The van der Waals surface area contributed by atoms with Crippen LogP contribution < -0.4 is 10.5 Å². The van der Waals surface area contributed by atoms with E-state index in [0.717, 1.165) is 35.0 Å². The molecule has 2 aliphatic rings. The lowest BCUT2D eigenvalue weighted by Gasteiger charge is -2.40. The molecule has 0 amide bonds. The van der Waals surface area contributed by atoms with Crippen LogP contribution in [0.2, 0.25) is 0 Å². The van der Waals surface area contributed by atoms with Crippen LogP contribution in [-0.2, 0) is 25.6 Å². The molecule has 1 aliphatic heterocycles. The molecule has 5 rings (SSSR count). The molecule has 1 aliphatic carbocycles. The van der Waals surface area contributed by atoms with E-state index < -0.39 is 12.0 Å². The summed E-state index contributed by atoms with van der Waals surface area (Å²) in [5.41, 5.74) is 1.98. The van der Waals surface area contributed by atoms with Crippen molar-refractivity contribution in [2.75, 3.05) is 18.0 Å². The van der Waals surface area contributed by atoms with Gasteiger partial charge in [-0.25, -0.2) is 4.68 Å². The van der Waals surface area contributed by atoms with E-state index in [1.54, 1.807) is 12.1 Å². The van der Waals surface area contributed by atoms with Crippen LogP contribution in [0.1, 0.15) is 23.5 Å². The summed E-state index contributed by atoms with van der Waals surface area (Å²) < 4.78 is 41.2. The first kappa shape index (κ1) is 17.1. The second kappa shape index (κ2) is 6.01. The molecular weight excluding hydrogens is 375 g/mol. The quantitative estimate of drug-likeness (QED) is 0.670. The van der Waals surface area contributed by atoms with Gasteiger partial charge in [0.15, 0.2) is 5.65 Å². The molecule has 0 atom stereocenters. The third-order valence-corrected chi connectivity index (χ3v) is 5.24. The largest absolute Gasteiger partial charge is 0.453 e. The maximum absolute atomic E-state index is 13.0. The fraction of sp³-hybridized carbons (Fsp3) is 0.471. The van der Waals surface area contributed by atoms with Gasteiger partial charge in [-0.05, 0) is 37.0 Å². The minimum Gasteiger partial charge on any atom is -0.354 e. The minimum absolute atomic E-state index is 0.0436. The number of hydrogen-bond acceptors (Lipinski definition) is 6. The van der Waals surface area contributed by atoms with Crippen molar-refractivity contribution in [2.45, 2.75) is 32.0 Å². The van der Waals surface area contributed by atoms with E-state index in [1.807, 2.05) is 4.90 Å². The third-order valence-electron chi connectivity index (χ3n) is 5.24. The number of aromatic nitrogens is 6. The van der Waals surface area contributed by atoms with Gasteiger partial charge in [0, 0.05) is 25.1 Å². The zero-order valence-corrected chi connectivity index (χ0v) is 14.7. The van der Waals surface area contributed by atoms with Crippen LogP contribution >= 0.6 is 0 Å². The van der Waals surface area contributed by atoms with Crippen LogP contribution in [0.25, 0.3) is 5.65 Å². The summed E-state index contributed by atoms with van der Waals surface area (Å²) >= 11 is 0. The van der Waals surface area contributed by atoms with Gasteiger partial charge in [-0.15, -0.1) is 15.3 Å². The van der Waals surface area contributed by atoms with Gasteiger partial charge in [0.1, 0.15) is 5.82 Å². The summed E-state index contributed by atoms with van der Waals surface area (Å²) in [5, 5.41) is 15.2. The highest BCUT2D eigenvalue weighted by Gasteiger charge is 2.38. The second-order valence-electron chi connectivity index (χ2n) is 7.24. The van der Waals surface area contributed by atoms with Crippen LogP contribution in [0.15, 0.2) is 23.0 Å². The molecule has 4 heterocycles. The van der Waals surface area contributed by atoms with Crippen LogP contribution in [0.3, 0.4) is 0 Å². The molecule has 0 radical (unpaired) electrons. The van der Waals surface area contributed by atoms with Gasteiger partial charge in [0.2, 0.25) is 0 Å². The molecule has 0 saturated carbocycles. The minimum atomic E-state index is -4.62. The van der Waals surface area contributed by atoms with Crippen molar-refractivity contribution in [1.82, 2.24) is 29.6 Å². The topological polar surface area (TPSA) is 81.2 Å². The molecule has 0 N–H and O–H groups in total. The Morgan fingerprint density at radius 1 is 1.11 bits per heavy atom. The molecule has 1 fully saturated rings. The van der Waals surface area contributed by atoms with Crippen molar-refractivity contribution in [3.63, 3.8) is 0 Å². The number of hydrogen-bond donors (Lipinski definition) is 0. The Morgan fingerprint density at radius 2 is 1.93 bits per heavy atom. The van der Waals surface area contributed by atoms with Crippen molar-refractivity contribution in [3.8, 4) is 0 Å². The molecule has 8 nitrogen and oxygen atoms in total. The Labute approximate surface area is 156 Å². The molecule has 3 aromatic heterocycles. The van der Waals surface area contributed by atoms with E-state index in [2.05, 4.69) is 20.4 Å². The molecule has 0 aromatic carbocycles. The SMILES string of the molecule is O=c1cc2c(nn1CC1CN(c3ccc4nnc(C(F)(F)F)n4n3)C1)CCC2. The number of rotatable bonds is 3. The summed E-state index contributed by atoms with van der Waals surface area (Å²) in [6.45, 7) is 1.67. The van der Waals surface area contributed by atoms with Crippen LogP contribution in [0.4, 0.5) is 19.0 Å². The molecule has 1 saturated heterocycles. The zero-order chi connectivity index (χ0) is 19.5. The number of aryl methyl sites for hydroxylation is 2.